The fourth-order valence-electron chi connectivity index (χ4n) is 0.864. The minimum atomic E-state index is 0. The number of nitrogens with zero attached hydrogens (tertiary/aromatic N) is 1. The SMILES string of the molecule is CC1(C)NC(C#N)CS1.Cl. The monoisotopic (exact) mass is 178 g/mol. The summed E-state index contributed by atoms with van der Waals surface area (Å²) in [5.74, 6) is 0.920. The summed E-state index contributed by atoms with van der Waals surface area (Å²) < 4.78 is 0. The topological polar surface area (TPSA) is 35.8 Å². The Labute approximate surface area is 71.8 Å². The first kappa shape index (κ1) is 10.1. The molecule has 58 valence electrons. The lowest BCUT2D eigenvalue weighted by atomic mass is 10.3. The Hall–Kier alpha value is 0.0900. The molecule has 10 heavy (non-hydrogen) atoms. The summed E-state index contributed by atoms with van der Waals surface area (Å²) in [6, 6.07) is 2.25. The van der Waals surface area contributed by atoms with Crippen molar-refractivity contribution in [3.63, 3.8) is 0 Å². The quantitative estimate of drug-likeness (QED) is 0.609. The van der Waals surface area contributed by atoms with Gasteiger partial charge in [0.1, 0.15) is 6.04 Å². The van der Waals surface area contributed by atoms with Crippen molar-refractivity contribution in [2.75, 3.05) is 5.75 Å². The molecule has 0 aromatic rings. The van der Waals surface area contributed by atoms with Crippen molar-refractivity contribution >= 4 is 24.2 Å². The Kier molecular flexibility index (Phi) is 3.50. The van der Waals surface area contributed by atoms with Crippen molar-refractivity contribution in [1.82, 2.24) is 5.32 Å². The number of halogens is 1. The van der Waals surface area contributed by atoms with Gasteiger partial charge in [-0.3, -0.25) is 5.32 Å². The molecule has 1 heterocycles. The molecular weight excluding hydrogens is 168 g/mol. The highest BCUT2D eigenvalue weighted by molar-refractivity contribution is 8.00. The number of thioether (sulfide) groups is 1. The summed E-state index contributed by atoms with van der Waals surface area (Å²) in [5.41, 5.74) is 0. The molecule has 2 nitrogen and oxygen atoms in total. The molecule has 0 radical (unpaired) electrons. The fourth-order valence-corrected chi connectivity index (χ4v) is 1.83. The summed E-state index contributed by atoms with van der Waals surface area (Å²) in [6.45, 7) is 4.18. The Bertz CT molecular complexity index is 152. The molecule has 1 aliphatic rings. The number of nitrogens with one attached hydrogen (secondary N) is 1. The van der Waals surface area contributed by atoms with Crippen LogP contribution >= 0.6 is 24.2 Å². The molecule has 0 aliphatic carbocycles. The second-order valence-electron chi connectivity index (χ2n) is 2.65. The van der Waals surface area contributed by atoms with Gasteiger partial charge in [-0.15, -0.1) is 24.2 Å². The van der Waals surface area contributed by atoms with Crippen molar-refractivity contribution in [3.05, 3.63) is 0 Å². The Morgan fingerprint density at radius 2 is 2.30 bits per heavy atom. The lowest BCUT2D eigenvalue weighted by Gasteiger charge is -2.15. The highest BCUT2D eigenvalue weighted by Crippen LogP contribution is 2.28. The molecule has 1 unspecified atom stereocenters. The molecule has 0 saturated carbocycles. The molecule has 1 N–H and O–H groups in total. The van der Waals surface area contributed by atoms with E-state index in [4.69, 9.17) is 5.26 Å². The van der Waals surface area contributed by atoms with Gasteiger partial charge in [0, 0.05) is 5.75 Å². The van der Waals surface area contributed by atoms with Gasteiger partial charge in [0.2, 0.25) is 0 Å². The summed E-state index contributed by atoms with van der Waals surface area (Å²) >= 11 is 1.80. The Morgan fingerprint density at radius 3 is 2.50 bits per heavy atom. The van der Waals surface area contributed by atoms with Crippen LogP contribution in [-0.4, -0.2) is 16.7 Å². The number of hydrogen-bond donors (Lipinski definition) is 1. The van der Waals surface area contributed by atoms with E-state index >= 15 is 0 Å². The maximum Gasteiger partial charge on any atom is 0.105 e. The van der Waals surface area contributed by atoms with Crippen LogP contribution in [0.4, 0.5) is 0 Å². The van der Waals surface area contributed by atoms with Crippen LogP contribution in [0.25, 0.3) is 0 Å². The van der Waals surface area contributed by atoms with Gasteiger partial charge in [0.25, 0.3) is 0 Å². The third-order valence-corrected chi connectivity index (χ3v) is 2.63. The second-order valence-corrected chi connectivity index (χ2v) is 4.29. The van der Waals surface area contributed by atoms with E-state index < -0.39 is 0 Å². The molecule has 0 bridgehead atoms. The van der Waals surface area contributed by atoms with E-state index in [1.165, 1.54) is 0 Å². The maximum atomic E-state index is 8.47. The number of rotatable bonds is 0. The van der Waals surface area contributed by atoms with Crippen LogP contribution in [-0.2, 0) is 0 Å². The third-order valence-electron chi connectivity index (χ3n) is 1.29. The molecular formula is C6H11ClN2S. The van der Waals surface area contributed by atoms with Crippen LogP contribution in [0.15, 0.2) is 0 Å². The largest absolute Gasteiger partial charge is 0.287 e. The summed E-state index contributed by atoms with van der Waals surface area (Å²) in [4.78, 5) is 0.112. The molecule has 0 amide bonds. The third kappa shape index (κ3) is 2.37. The van der Waals surface area contributed by atoms with E-state index in [0.717, 1.165) is 5.75 Å². The number of nitriles is 1. The van der Waals surface area contributed by atoms with Crippen LogP contribution in [0.2, 0.25) is 0 Å². The average molecular weight is 179 g/mol. The highest BCUT2D eigenvalue weighted by Gasteiger charge is 2.29. The van der Waals surface area contributed by atoms with Gasteiger partial charge in [0.05, 0.1) is 10.9 Å². The fraction of sp³-hybridized carbons (Fsp3) is 0.833. The van der Waals surface area contributed by atoms with Crippen LogP contribution < -0.4 is 5.32 Å². The highest BCUT2D eigenvalue weighted by atomic mass is 35.5. The van der Waals surface area contributed by atoms with Gasteiger partial charge in [-0.25, -0.2) is 0 Å². The predicted molar refractivity (Wildman–Crippen MR) is 46.3 cm³/mol. The van der Waals surface area contributed by atoms with Gasteiger partial charge < -0.3 is 0 Å². The molecule has 1 fully saturated rings. The van der Waals surface area contributed by atoms with Gasteiger partial charge in [-0.1, -0.05) is 0 Å². The zero-order valence-corrected chi connectivity index (χ0v) is 7.68. The predicted octanol–water partition coefficient (Wildman–Crippen LogP) is 1.37. The molecule has 0 aromatic heterocycles. The van der Waals surface area contributed by atoms with E-state index in [2.05, 4.69) is 25.2 Å². The van der Waals surface area contributed by atoms with Crippen LogP contribution in [0, 0.1) is 11.3 Å². The van der Waals surface area contributed by atoms with E-state index in [1.807, 2.05) is 0 Å². The van der Waals surface area contributed by atoms with Crippen molar-refractivity contribution < 1.29 is 0 Å². The minimum absolute atomic E-state index is 0. The standard InChI is InChI=1S/C6H10N2S.ClH/c1-6(2)8-5(3-7)4-9-6;/h5,8H,4H2,1-2H3;1H. The van der Waals surface area contributed by atoms with Gasteiger partial charge in [0.15, 0.2) is 0 Å². The van der Waals surface area contributed by atoms with Gasteiger partial charge >= 0.3 is 0 Å². The number of hydrogen-bond acceptors (Lipinski definition) is 3. The maximum absolute atomic E-state index is 8.47. The Balaban J connectivity index is 0.000000810. The average Bonchev–Trinajstić information content (AvgIpc) is 2.10. The normalized spacial score (nSPS) is 28.7. The summed E-state index contributed by atoms with van der Waals surface area (Å²) in [6.07, 6.45) is 0. The Morgan fingerprint density at radius 1 is 1.70 bits per heavy atom. The van der Waals surface area contributed by atoms with Crippen molar-refractivity contribution in [1.29, 1.82) is 5.26 Å². The zero-order chi connectivity index (χ0) is 6.91. The molecule has 1 saturated heterocycles. The second kappa shape index (κ2) is 3.47. The minimum Gasteiger partial charge on any atom is -0.287 e. The van der Waals surface area contributed by atoms with Crippen molar-refractivity contribution in [2.24, 2.45) is 0 Å². The van der Waals surface area contributed by atoms with Gasteiger partial charge in [-0.05, 0) is 13.8 Å². The first-order valence-corrected chi connectivity index (χ1v) is 3.94. The zero-order valence-electron chi connectivity index (χ0n) is 6.05. The van der Waals surface area contributed by atoms with E-state index in [0.29, 0.717) is 0 Å². The molecule has 1 atom stereocenters. The van der Waals surface area contributed by atoms with Crippen LogP contribution in [0.1, 0.15) is 13.8 Å². The van der Waals surface area contributed by atoms with Crippen molar-refractivity contribution in [3.8, 4) is 6.07 Å². The van der Waals surface area contributed by atoms with Crippen LogP contribution in [0.3, 0.4) is 0 Å². The van der Waals surface area contributed by atoms with Crippen LogP contribution in [0.5, 0.6) is 0 Å². The van der Waals surface area contributed by atoms with Crippen molar-refractivity contribution in [2.45, 2.75) is 24.8 Å². The molecule has 1 rings (SSSR count). The molecule has 0 spiro atoms. The summed E-state index contributed by atoms with van der Waals surface area (Å²) in [7, 11) is 0. The summed E-state index contributed by atoms with van der Waals surface area (Å²) in [5, 5.41) is 11.7. The van der Waals surface area contributed by atoms with Gasteiger partial charge in [-0.2, -0.15) is 5.26 Å². The lowest BCUT2D eigenvalue weighted by molar-refractivity contribution is 0.548. The van der Waals surface area contributed by atoms with E-state index in [9.17, 15) is 0 Å². The van der Waals surface area contributed by atoms with E-state index in [-0.39, 0.29) is 23.3 Å². The molecule has 4 heteroatoms. The molecule has 0 aromatic carbocycles. The van der Waals surface area contributed by atoms with E-state index in [1.54, 1.807) is 11.8 Å². The molecule has 1 aliphatic heterocycles. The first-order chi connectivity index (χ1) is 4.14. The first-order valence-electron chi connectivity index (χ1n) is 2.95. The lowest BCUT2D eigenvalue weighted by Crippen LogP contribution is -2.35. The smallest absolute Gasteiger partial charge is 0.105 e.